The van der Waals surface area contributed by atoms with Crippen LogP contribution in [0.25, 0.3) is 0 Å². The van der Waals surface area contributed by atoms with E-state index in [9.17, 15) is 0 Å². The molecular formula is C18H17NO3. The maximum Gasteiger partial charge on any atom is 0.198 e. The van der Waals surface area contributed by atoms with E-state index < -0.39 is 0 Å². The van der Waals surface area contributed by atoms with Crippen LogP contribution in [0.3, 0.4) is 0 Å². The summed E-state index contributed by atoms with van der Waals surface area (Å²) < 4.78 is 11.3. The second-order valence-corrected chi connectivity index (χ2v) is 5.41. The molecule has 2 aliphatic rings. The van der Waals surface area contributed by atoms with Gasteiger partial charge in [-0.15, -0.1) is 0 Å². The second-order valence-electron chi connectivity index (χ2n) is 5.41. The summed E-state index contributed by atoms with van der Waals surface area (Å²) in [7, 11) is 0. The number of benzene rings is 2. The summed E-state index contributed by atoms with van der Waals surface area (Å²) in [6.45, 7) is 1.21. The first-order valence-electron chi connectivity index (χ1n) is 7.51. The van der Waals surface area contributed by atoms with Crippen molar-refractivity contribution in [1.82, 2.24) is 0 Å². The lowest BCUT2D eigenvalue weighted by Gasteiger charge is -2.23. The lowest BCUT2D eigenvalue weighted by molar-refractivity contribution is -0.137. The van der Waals surface area contributed by atoms with E-state index in [1.165, 1.54) is 0 Å². The monoisotopic (exact) mass is 295 g/mol. The fourth-order valence-electron chi connectivity index (χ4n) is 3.01. The Morgan fingerprint density at radius 3 is 2.14 bits per heavy atom. The lowest BCUT2D eigenvalue weighted by Crippen LogP contribution is -2.34. The van der Waals surface area contributed by atoms with Crippen LogP contribution < -0.4 is 0 Å². The Kier molecular flexibility index (Phi) is 3.62. The molecule has 2 aromatic carbocycles. The summed E-state index contributed by atoms with van der Waals surface area (Å²) in [5.74, 6) is 0.00620. The Bertz CT molecular complexity index is 651. The molecule has 0 bridgehead atoms. The van der Waals surface area contributed by atoms with Crippen molar-refractivity contribution in [2.45, 2.75) is 18.3 Å². The minimum atomic E-state index is -0.366. The topological polar surface area (TPSA) is 40.0 Å². The van der Waals surface area contributed by atoms with E-state index >= 15 is 0 Å². The average molecular weight is 295 g/mol. The van der Waals surface area contributed by atoms with Gasteiger partial charge in [0.05, 0.1) is 24.8 Å². The minimum Gasteiger partial charge on any atom is -0.386 e. The molecule has 0 saturated carbocycles. The van der Waals surface area contributed by atoms with E-state index in [4.69, 9.17) is 14.3 Å². The van der Waals surface area contributed by atoms with Gasteiger partial charge in [0, 0.05) is 5.56 Å². The molecular weight excluding hydrogens is 278 g/mol. The second kappa shape index (κ2) is 5.91. The minimum absolute atomic E-state index is 0.00620. The van der Waals surface area contributed by atoms with Crippen LogP contribution in [0.15, 0.2) is 65.8 Å². The summed E-state index contributed by atoms with van der Waals surface area (Å²) in [4.78, 5) is 5.71. The molecule has 4 nitrogen and oxygen atoms in total. The van der Waals surface area contributed by atoms with Crippen molar-refractivity contribution in [3.05, 3.63) is 71.8 Å². The van der Waals surface area contributed by atoms with Gasteiger partial charge in [0.15, 0.2) is 12.4 Å². The standard InChI is InChI=1S/C18H17NO3/c1-3-7-13(8-4-1)15-16(14-9-5-2-6-10-14)19-22-17(15)18-20-11-12-21-18/h1-10,15,17-18H,11-12H2. The predicted octanol–water partition coefficient (Wildman–Crippen LogP) is 2.95. The van der Waals surface area contributed by atoms with E-state index in [-0.39, 0.29) is 18.3 Å². The molecule has 4 rings (SSSR count). The van der Waals surface area contributed by atoms with Crippen molar-refractivity contribution < 1.29 is 14.3 Å². The van der Waals surface area contributed by atoms with E-state index in [1.54, 1.807) is 0 Å². The summed E-state index contributed by atoms with van der Waals surface area (Å²) >= 11 is 0. The maximum absolute atomic E-state index is 5.71. The molecule has 2 aliphatic heterocycles. The summed E-state index contributed by atoms with van der Waals surface area (Å²) in [5, 5.41) is 4.35. The highest BCUT2D eigenvalue weighted by Gasteiger charge is 2.43. The number of ether oxygens (including phenoxy) is 2. The lowest BCUT2D eigenvalue weighted by atomic mass is 9.86. The smallest absolute Gasteiger partial charge is 0.198 e. The summed E-state index contributed by atoms with van der Waals surface area (Å²) in [6, 6.07) is 20.4. The molecule has 2 heterocycles. The molecule has 0 spiro atoms. The number of nitrogens with zero attached hydrogens (tertiary/aromatic N) is 1. The van der Waals surface area contributed by atoms with Crippen LogP contribution in [0.4, 0.5) is 0 Å². The molecule has 0 N–H and O–H groups in total. The zero-order valence-electron chi connectivity index (χ0n) is 12.1. The molecule has 2 aromatic rings. The molecule has 1 fully saturated rings. The maximum atomic E-state index is 5.71. The van der Waals surface area contributed by atoms with Crippen LogP contribution in [0.2, 0.25) is 0 Å². The number of hydrogen-bond donors (Lipinski definition) is 0. The zero-order valence-corrected chi connectivity index (χ0v) is 12.1. The number of oxime groups is 1. The van der Waals surface area contributed by atoms with Gasteiger partial charge >= 0.3 is 0 Å². The van der Waals surface area contributed by atoms with Gasteiger partial charge in [-0.05, 0) is 5.56 Å². The quantitative estimate of drug-likeness (QED) is 0.874. The van der Waals surface area contributed by atoms with Crippen LogP contribution in [-0.4, -0.2) is 31.3 Å². The predicted molar refractivity (Wildman–Crippen MR) is 82.7 cm³/mol. The molecule has 22 heavy (non-hydrogen) atoms. The molecule has 0 amide bonds. The molecule has 112 valence electrons. The van der Waals surface area contributed by atoms with Gasteiger partial charge in [-0.1, -0.05) is 65.8 Å². The van der Waals surface area contributed by atoms with Crippen LogP contribution in [0.5, 0.6) is 0 Å². The van der Waals surface area contributed by atoms with Crippen LogP contribution >= 0.6 is 0 Å². The Morgan fingerprint density at radius 1 is 0.818 bits per heavy atom. The van der Waals surface area contributed by atoms with Gasteiger partial charge in [0.1, 0.15) is 0 Å². The van der Waals surface area contributed by atoms with Gasteiger partial charge in [-0.2, -0.15) is 0 Å². The van der Waals surface area contributed by atoms with E-state index in [0.29, 0.717) is 13.2 Å². The highest BCUT2D eigenvalue weighted by Crippen LogP contribution is 2.36. The molecule has 1 saturated heterocycles. The summed E-state index contributed by atoms with van der Waals surface area (Å²) in [6.07, 6.45) is -0.615. The Balaban J connectivity index is 1.72. The fourth-order valence-corrected chi connectivity index (χ4v) is 3.01. The van der Waals surface area contributed by atoms with Gasteiger partial charge in [-0.3, -0.25) is 0 Å². The first-order chi connectivity index (χ1) is 10.9. The average Bonchev–Trinajstić information content (AvgIpc) is 3.25. The van der Waals surface area contributed by atoms with Crippen molar-refractivity contribution in [2.24, 2.45) is 5.16 Å². The molecule has 0 radical (unpaired) electrons. The number of hydrogen-bond acceptors (Lipinski definition) is 4. The zero-order chi connectivity index (χ0) is 14.8. The summed E-state index contributed by atoms with van der Waals surface area (Å²) in [5.41, 5.74) is 3.15. The SMILES string of the molecule is c1ccc(C2=NOC(C3OCCO3)C2c2ccccc2)cc1. The van der Waals surface area contributed by atoms with Crippen LogP contribution in [-0.2, 0) is 14.3 Å². The Hall–Kier alpha value is -2.17. The molecule has 2 unspecified atom stereocenters. The third kappa shape index (κ3) is 2.40. The van der Waals surface area contributed by atoms with Crippen molar-refractivity contribution in [3.63, 3.8) is 0 Å². The van der Waals surface area contributed by atoms with Crippen LogP contribution in [0, 0.1) is 0 Å². The van der Waals surface area contributed by atoms with Gasteiger partial charge in [0.25, 0.3) is 0 Å². The van der Waals surface area contributed by atoms with Crippen LogP contribution in [0.1, 0.15) is 17.0 Å². The van der Waals surface area contributed by atoms with Crippen molar-refractivity contribution in [1.29, 1.82) is 0 Å². The third-order valence-electron chi connectivity index (χ3n) is 4.04. The normalized spacial score (nSPS) is 25.0. The van der Waals surface area contributed by atoms with E-state index in [0.717, 1.165) is 16.8 Å². The fraction of sp³-hybridized carbons (Fsp3) is 0.278. The molecule has 0 aliphatic carbocycles. The van der Waals surface area contributed by atoms with Crippen molar-refractivity contribution in [2.75, 3.05) is 13.2 Å². The molecule has 0 aromatic heterocycles. The highest BCUT2D eigenvalue weighted by atomic mass is 16.8. The van der Waals surface area contributed by atoms with E-state index in [2.05, 4.69) is 29.4 Å². The highest BCUT2D eigenvalue weighted by molar-refractivity contribution is 6.06. The van der Waals surface area contributed by atoms with Gasteiger partial charge < -0.3 is 14.3 Å². The molecule has 2 atom stereocenters. The number of rotatable bonds is 3. The largest absolute Gasteiger partial charge is 0.386 e. The molecule has 4 heteroatoms. The van der Waals surface area contributed by atoms with Crippen molar-refractivity contribution >= 4 is 5.71 Å². The van der Waals surface area contributed by atoms with E-state index in [1.807, 2.05) is 36.4 Å². The Morgan fingerprint density at radius 2 is 1.45 bits per heavy atom. The third-order valence-corrected chi connectivity index (χ3v) is 4.04. The Labute approximate surface area is 129 Å². The van der Waals surface area contributed by atoms with Gasteiger partial charge in [0.2, 0.25) is 0 Å². The first-order valence-corrected chi connectivity index (χ1v) is 7.51. The van der Waals surface area contributed by atoms with Gasteiger partial charge in [-0.25, -0.2) is 0 Å². The first kappa shape index (κ1) is 13.5. The van der Waals surface area contributed by atoms with Crippen molar-refractivity contribution in [3.8, 4) is 0 Å².